The lowest BCUT2D eigenvalue weighted by Crippen LogP contribution is -2.36. The fraction of sp³-hybridized carbons (Fsp3) is 0.429. The fourth-order valence-corrected chi connectivity index (χ4v) is 2.91. The van der Waals surface area contributed by atoms with Crippen molar-refractivity contribution < 1.29 is 14.7 Å². The smallest absolute Gasteiger partial charge is 0.407 e. The summed E-state index contributed by atoms with van der Waals surface area (Å²) in [5.41, 5.74) is 3.19. The first kappa shape index (κ1) is 12.0. The quantitative estimate of drug-likeness (QED) is 0.811. The Hall–Kier alpha value is -2.04. The number of benzene rings is 1. The van der Waals surface area contributed by atoms with E-state index < -0.39 is 6.09 Å². The number of carbonyl (C=O) groups excluding carboxylic acids is 1. The van der Waals surface area contributed by atoms with Crippen molar-refractivity contribution in [3.63, 3.8) is 0 Å². The van der Waals surface area contributed by atoms with Gasteiger partial charge in [0.2, 0.25) is 5.91 Å². The first-order valence-corrected chi connectivity index (χ1v) is 6.54. The second-order valence-electron chi connectivity index (χ2n) is 5.19. The number of carboxylic acid groups (broad SMARTS) is 1. The van der Waals surface area contributed by atoms with Gasteiger partial charge in [-0.2, -0.15) is 0 Å². The highest BCUT2D eigenvalue weighted by Crippen LogP contribution is 2.32. The molecule has 1 fully saturated rings. The van der Waals surface area contributed by atoms with Gasteiger partial charge in [0.1, 0.15) is 0 Å². The standard InChI is InChI=1S/C14H16N2O3/c17-13-8-11-7-10(1-2-12(11)15-13)9-3-5-16(6-4-9)14(18)19/h1-2,7,9H,3-6,8H2,(H,15,17)(H,18,19). The van der Waals surface area contributed by atoms with E-state index in [1.54, 1.807) is 0 Å². The SMILES string of the molecule is O=C1Cc2cc(C3CCN(C(=O)O)CC3)ccc2N1. The summed E-state index contributed by atoms with van der Waals surface area (Å²) >= 11 is 0. The van der Waals surface area contributed by atoms with E-state index in [0.717, 1.165) is 24.1 Å². The van der Waals surface area contributed by atoms with Gasteiger partial charge in [0.25, 0.3) is 0 Å². The lowest BCUT2D eigenvalue weighted by atomic mass is 9.88. The highest BCUT2D eigenvalue weighted by Gasteiger charge is 2.25. The second kappa shape index (κ2) is 4.57. The molecule has 0 atom stereocenters. The third-order valence-electron chi connectivity index (χ3n) is 3.99. The molecule has 0 saturated carbocycles. The number of nitrogens with zero attached hydrogens (tertiary/aromatic N) is 1. The van der Waals surface area contributed by atoms with Crippen molar-refractivity contribution in [1.82, 2.24) is 4.90 Å². The summed E-state index contributed by atoms with van der Waals surface area (Å²) in [7, 11) is 0. The summed E-state index contributed by atoms with van der Waals surface area (Å²) in [6.45, 7) is 1.18. The molecule has 0 unspecified atom stereocenters. The Morgan fingerprint density at radius 2 is 2.05 bits per heavy atom. The van der Waals surface area contributed by atoms with Gasteiger partial charge in [0.15, 0.2) is 0 Å². The molecule has 0 bridgehead atoms. The zero-order valence-electron chi connectivity index (χ0n) is 10.6. The third kappa shape index (κ3) is 2.28. The highest BCUT2D eigenvalue weighted by atomic mass is 16.4. The molecule has 2 heterocycles. The van der Waals surface area contributed by atoms with E-state index in [4.69, 9.17) is 5.11 Å². The number of hydrogen-bond acceptors (Lipinski definition) is 2. The second-order valence-corrected chi connectivity index (χ2v) is 5.19. The highest BCUT2D eigenvalue weighted by molar-refractivity contribution is 5.99. The average Bonchev–Trinajstić information content (AvgIpc) is 2.77. The Labute approximate surface area is 111 Å². The predicted molar refractivity (Wildman–Crippen MR) is 70.3 cm³/mol. The van der Waals surface area contributed by atoms with Crippen LogP contribution in [0.25, 0.3) is 0 Å². The van der Waals surface area contributed by atoms with Crippen LogP contribution < -0.4 is 5.32 Å². The van der Waals surface area contributed by atoms with E-state index in [0.29, 0.717) is 25.4 Å². The molecule has 0 radical (unpaired) electrons. The Kier molecular flexibility index (Phi) is 2.89. The maximum absolute atomic E-state index is 11.3. The van der Waals surface area contributed by atoms with E-state index in [2.05, 4.69) is 11.4 Å². The van der Waals surface area contributed by atoms with E-state index >= 15 is 0 Å². The summed E-state index contributed by atoms with van der Waals surface area (Å²) in [6.07, 6.45) is 1.33. The predicted octanol–water partition coefficient (Wildman–Crippen LogP) is 2.04. The summed E-state index contributed by atoms with van der Waals surface area (Å²) in [5, 5.41) is 11.8. The van der Waals surface area contributed by atoms with Gasteiger partial charge in [-0.15, -0.1) is 0 Å². The minimum atomic E-state index is -0.831. The largest absolute Gasteiger partial charge is 0.465 e. The van der Waals surface area contributed by atoms with Crippen LogP contribution in [0, 0.1) is 0 Å². The Bertz CT molecular complexity index is 533. The topological polar surface area (TPSA) is 69.6 Å². The maximum Gasteiger partial charge on any atom is 0.407 e. The molecule has 1 aromatic carbocycles. The molecule has 3 rings (SSSR count). The van der Waals surface area contributed by atoms with Crippen molar-refractivity contribution in [3.05, 3.63) is 29.3 Å². The number of amides is 2. The number of nitrogens with one attached hydrogen (secondary N) is 1. The van der Waals surface area contributed by atoms with Crippen LogP contribution in [0.15, 0.2) is 18.2 Å². The average molecular weight is 260 g/mol. The van der Waals surface area contributed by atoms with Gasteiger partial charge in [0.05, 0.1) is 6.42 Å². The number of hydrogen-bond donors (Lipinski definition) is 2. The van der Waals surface area contributed by atoms with Gasteiger partial charge in [-0.05, 0) is 36.0 Å². The summed E-state index contributed by atoms with van der Waals surface area (Å²) < 4.78 is 0. The van der Waals surface area contributed by atoms with Gasteiger partial charge >= 0.3 is 6.09 Å². The van der Waals surface area contributed by atoms with Crippen LogP contribution in [0.5, 0.6) is 0 Å². The van der Waals surface area contributed by atoms with Crippen LogP contribution in [-0.4, -0.2) is 35.1 Å². The number of likely N-dealkylation sites (tertiary alicyclic amines) is 1. The molecular formula is C14H16N2O3. The van der Waals surface area contributed by atoms with Crippen molar-refractivity contribution >= 4 is 17.7 Å². The third-order valence-corrected chi connectivity index (χ3v) is 3.99. The lowest BCUT2D eigenvalue weighted by molar-refractivity contribution is -0.115. The molecule has 2 amide bonds. The van der Waals surface area contributed by atoms with Crippen molar-refractivity contribution in [1.29, 1.82) is 0 Å². The van der Waals surface area contributed by atoms with Crippen molar-refractivity contribution in [2.24, 2.45) is 0 Å². The molecule has 5 nitrogen and oxygen atoms in total. The number of rotatable bonds is 1. The van der Waals surface area contributed by atoms with Crippen molar-refractivity contribution in [3.8, 4) is 0 Å². The molecule has 0 spiro atoms. The number of anilines is 1. The van der Waals surface area contributed by atoms with Crippen LogP contribution in [0.2, 0.25) is 0 Å². The number of carbonyl (C=O) groups is 2. The van der Waals surface area contributed by atoms with Gasteiger partial charge in [-0.3, -0.25) is 4.79 Å². The van der Waals surface area contributed by atoms with Gasteiger partial charge < -0.3 is 15.3 Å². The summed E-state index contributed by atoms with van der Waals surface area (Å²) in [4.78, 5) is 23.7. The van der Waals surface area contributed by atoms with Crippen LogP contribution in [0.1, 0.15) is 29.9 Å². The van der Waals surface area contributed by atoms with E-state index in [-0.39, 0.29) is 5.91 Å². The van der Waals surface area contributed by atoms with E-state index in [1.165, 1.54) is 10.5 Å². The molecule has 0 aromatic heterocycles. The minimum Gasteiger partial charge on any atom is -0.465 e. The van der Waals surface area contributed by atoms with Crippen molar-refractivity contribution in [2.75, 3.05) is 18.4 Å². The molecule has 5 heteroatoms. The number of piperidine rings is 1. The molecule has 100 valence electrons. The first-order valence-electron chi connectivity index (χ1n) is 6.54. The maximum atomic E-state index is 11.3. The fourth-order valence-electron chi connectivity index (χ4n) is 2.91. The Morgan fingerprint density at radius 3 is 2.74 bits per heavy atom. The van der Waals surface area contributed by atoms with Crippen LogP contribution >= 0.6 is 0 Å². The van der Waals surface area contributed by atoms with Gasteiger partial charge in [0, 0.05) is 18.8 Å². The molecule has 2 aliphatic heterocycles. The van der Waals surface area contributed by atoms with E-state index in [1.807, 2.05) is 12.1 Å². The Balaban J connectivity index is 1.73. The molecule has 1 saturated heterocycles. The van der Waals surface area contributed by atoms with Gasteiger partial charge in [-0.25, -0.2) is 4.79 Å². The zero-order valence-corrected chi connectivity index (χ0v) is 10.6. The van der Waals surface area contributed by atoms with E-state index in [9.17, 15) is 9.59 Å². The van der Waals surface area contributed by atoms with Crippen LogP contribution in [-0.2, 0) is 11.2 Å². The monoisotopic (exact) mass is 260 g/mol. The number of fused-ring (bicyclic) bond motifs is 1. The minimum absolute atomic E-state index is 0.0489. The normalized spacial score (nSPS) is 19.2. The van der Waals surface area contributed by atoms with Gasteiger partial charge in [-0.1, -0.05) is 12.1 Å². The molecule has 2 aliphatic rings. The van der Waals surface area contributed by atoms with Crippen LogP contribution in [0.4, 0.5) is 10.5 Å². The molecular weight excluding hydrogens is 244 g/mol. The molecule has 19 heavy (non-hydrogen) atoms. The Morgan fingerprint density at radius 1 is 1.32 bits per heavy atom. The lowest BCUT2D eigenvalue weighted by Gasteiger charge is -2.30. The summed E-state index contributed by atoms with van der Waals surface area (Å²) in [6, 6.07) is 6.10. The van der Waals surface area contributed by atoms with Crippen LogP contribution in [0.3, 0.4) is 0 Å². The zero-order chi connectivity index (χ0) is 13.4. The molecule has 2 N–H and O–H groups in total. The van der Waals surface area contributed by atoms with Crippen molar-refractivity contribution in [2.45, 2.75) is 25.2 Å². The first-order chi connectivity index (χ1) is 9.13. The summed E-state index contributed by atoms with van der Waals surface area (Å²) in [5.74, 6) is 0.449. The molecule has 0 aliphatic carbocycles. The molecule has 1 aromatic rings.